The number of nitrogens with zero attached hydrogens (tertiary/aromatic N) is 2. The fourth-order valence-electron chi connectivity index (χ4n) is 3.74. The smallest absolute Gasteiger partial charge is 0.410 e. The number of methoxy groups -OCH3 is 2. The van der Waals surface area contributed by atoms with E-state index in [0.717, 1.165) is 47.1 Å². The Balaban J connectivity index is 1.57. The summed E-state index contributed by atoms with van der Waals surface area (Å²) in [6, 6.07) is 12.4. The highest BCUT2D eigenvalue weighted by Crippen LogP contribution is 2.31. The topological polar surface area (TPSA) is 63.3 Å². The van der Waals surface area contributed by atoms with E-state index in [2.05, 4.69) is 34.5 Å². The van der Waals surface area contributed by atoms with Gasteiger partial charge >= 0.3 is 6.09 Å². The van der Waals surface area contributed by atoms with Crippen LogP contribution in [0.4, 0.5) is 16.2 Å². The molecule has 7 nitrogen and oxygen atoms in total. The molecule has 0 atom stereocenters. The summed E-state index contributed by atoms with van der Waals surface area (Å²) >= 11 is 0. The number of aryl methyl sites for hydroxylation is 1. The fraction of sp³-hybridized carbons (Fsp3) is 0.480. The number of carbonyl (C=O) groups is 1. The lowest BCUT2D eigenvalue weighted by atomic mass is 10.1. The largest absolute Gasteiger partial charge is 0.496 e. The summed E-state index contributed by atoms with van der Waals surface area (Å²) in [5, 5.41) is 3.46. The van der Waals surface area contributed by atoms with Gasteiger partial charge in [0, 0.05) is 44.1 Å². The van der Waals surface area contributed by atoms with E-state index in [9.17, 15) is 4.79 Å². The van der Waals surface area contributed by atoms with E-state index in [1.807, 2.05) is 39.8 Å². The molecule has 0 saturated carbocycles. The molecule has 3 rings (SSSR count). The number of benzene rings is 2. The van der Waals surface area contributed by atoms with Crippen LogP contribution in [0, 0.1) is 6.92 Å². The highest BCUT2D eigenvalue weighted by Gasteiger charge is 2.25. The third kappa shape index (κ3) is 5.99. The maximum Gasteiger partial charge on any atom is 0.410 e. The average molecular weight is 442 g/mol. The van der Waals surface area contributed by atoms with Gasteiger partial charge in [0.05, 0.1) is 19.8 Å². The molecule has 1 aliphatic rings. The Kier molecular flexibility index (Phi) is 7.38. The summed E-state index contributed by atoms with van der Waals surface area (Å²) in [5.41, 5.74) is 3.78. The normalized spacial score (nSPS) is 14.2. The van der Waals surface area contributed by atoms with Gasteiger partial charge in [-0.2, -0.15) is 0 Å². The van der Waals surface area contributed by atoms with Crippen molar-refractivity contribution < 1.29 is 19.0 Å². The van der Waals surface area contributed by atoms with Crippen molar-refractivity contribution in [2.75, 3.05) is 50.6 Å². The minimum absolute atomic E-state index is 0.237. The maximum atomic E-state index is 12.3. The molecule has 0 unspecified atom stereocenters. The van der Waals surface area contributed by atoms with E-state index in [1.165, 1.54) is 0 Å². The van der Waals surface area contributed by atoms with E-state index in [0.29, 0.717) is 19.6 Å². The van der Waals surface area contributed by atoms with E-state index in [-0.39, 0.29) is 6.09 Å². The van der Waals surface area contributed by atoms with E-state index in [4.69, 9.17) is 14.2 Å². The molecule has 0 radical (unpaired) electrons. The molecular weight excluding hydrogens is 406 g/mol. The van der Waals surface area contributed by atoms with Crippen molar-refractivity contribution in [3.63, 3.8) is 0 Å². The van der Waals surface area contributed by atoms with Crippen LogP contribution in [0.3, 0.4) is 0 Å². The van der Waals surface area contributed by atoms with Crippen LogP contribution in [0.2, 0.25) is 0 Å². The number of ether oxygens (including phenoxy) is 3. The Morgan fingerprint density at radius 1 is 0.969 bits per heavy atom. The number of amides is 1. The average Bonchev–Trinajstić information content (AvgIpc) is 2.77. The molecule has 1 heterocycles. The van der Waals surface area contributed by atoms with Gasteiger partial charge in [-0.3, -0.25) is 0 Å². The van der Waals surface area contributed by atoms with Gasteiger partial charge in [0.25, 0.3) is 0 Å². The van der Waals surface area contributed by atoms with Gasteiger partial charge in [-0.05, 0) is 69.7 Å². The zero-order valence-corrected chi connectivity index (χ0v) is 20.0. The van der Waals surface area contributed by atoms with Gasteiger partial charge < -0.3 is 29.3 Å². The molecule has 0 aliphatic carbocycles. The second-order valence-electron chi connectivity index (χ2n) is 9.00. The molecule has 0 spiro atoms. The predicted octanol–water partition coefficient (Wildman–Crippen LogP) is 4.68. The van der Waals surface area contributed by atoms with Crippen LogP contribution in [0.1, 0.15) is 31.9 Å². The standard InChI is InChI=1S/C25H35N3O4/c1-18-15-22(30-5)21(23(16-18)31-6)17-26-19-7-9-20(10-8-19)27-11-13-28(14-12-27)24(29)32-25(2,3)4/h7-10,15-16,26H,11-14,17H2,1-6H3. The predicted molar refractivity (Wildman–Crippen MR) is 128 cm³/mol. The van der Waals surface area contributed by atoms with Crippen molar-refractivity contribution in [3.8, 4) is 11.5 Å². The summed E-state index contributed by atoms with van der Waals surface area (Å²) in [6.45, 7) is 11.2. The van der Waals surface area contributed by atoms with E-state index >= 15 is 0 Å². The molecule has 0 aromatic heterocycles. The lowest BCUT2D eigenvalue weighted by Crippen LogP contribution is -2.50. The van der Waals surface area contributed by atoms with Crippen LogP contribution in [-0.2, 0) is 11.3 Å². The lowest BCUT2D eigenvalue weighted by Gasteiger charge is -2.36. The third-order valence-corrected chi connectivity index (χ3v) is 5.39. The van der Waals surface area contributed by atoms with Crippen molar-refractivity contribution in [1.82, 2.24) is 4.90 Å². The number of anilines is 2. The quantitative estimate of drug-likeness (QED) is 0.702. The highest BCUT2D eigenvalue weighted by atomic mass is 16.6. The summed E-state index contributed by atoms with van der Waals surface area (Å²) in [5.74, 6) is 1.63. The monoisotopic (exact) mass is 441 g/mol. The zero-order chi connectivity index (χ0) is 23.3. The Morgan fingerprint density at radius 3 is 2.03 bits per heavy atom. The lowest BCUT2D eigenvalue weighted by molar-refractivity contribution is 0.0240. The first-order valence-corrected chi connectivity index (χ1v) is 11.0. The minimum Gasteiger partial charge on any atom is -0.496 e. The van der Waals surface area contributed by atoms with Crippen LogP contribution in [0.5, 0.6) is 11.5 Å². The zero-order valence-electron chi connectivity index (χ0n) is 20.0. The molecule has 1 fully saturated rings. The number of hydrogen-bond acceptors (Lipinski definition) is 6. The van der Waals surface area contributed by atoms with Gasteiger partial charge in [-0.1, -0.05) is 0 Å². The number of carbonyl (C=O) groups excluding carboxylic acids is 1. The molecule has 0 bridgehead atoms. The summed E-state index contributed by atoms with van der Waals surface area (Å²) in [4.78, 5) is 16.3. The van der Waals surface area contributed by atoms with Crippen LogP contribution >= 0.6 is 0 Å². The molecular formula is C25H35N3O4. The van der Waals surface area contributed by atoms with Gasteiger partial charge in [0.1, 0.15) is 17.1 Å². The van der Waals surface area contributed by atoms with Gasteiger partial charge in [-0.25, -0.2) is 4.79 Å². The van der Waals surface area contributed by atoms with Gasteiger partial charge in [0.2, 0.25) is 0 Å². The number of nitrogens with one attached hydrogen (secondary N) is 1. The second kappa shape index (κ2) is 10.0. The first kappa shape index (κ1) is 23.6. The molecule has 32 heavy (non-hydrogen) atoms. The van der Waals surface area contributed by atoms with Gasteiger partial charge in [-0.15, -0.1) is 0 Å². The molecule has 1 aliphatic heterocycles. The minimum atomic E-state index is -0.469. The Labute approximate surface area is 191 Å². The van der Waals surface area contributed by atoms with Crippen LogP contribution in [0.15, 0.2) is 36.4 Å². The molecule has 174 valence electrons. The van der Waals surface area contributed by atoms with Crippen molar-refractivity contribution >= 4 is 17.5 Å². The summed E-state index contributed by atoms with van der Waals surface area (Å²) < 4.78 is 16.6. The van der Waals surface area contributed by atoms with Crippen molar-refractivity contribution in [1.29, 1.82) is 0 Å². The highest BCUT2D eigenvalue weighted by molar-refractivity contribution is 5.68. The SMILES string of the molecule is COc1cc(C)cc(OC)c1CNc1ccc(N2CCN(C(=O)OC(C)(C)C)CC2)cc1. The van der Waals surface area contributed by atoms with Crippen molar-refractivity contribution in [2.45, 2.75) is 39.8 Å². The fourth-order valence-corrected chi connectivity index (χ4v) is 3.74. The Morgan fingerprint density at radius 2 is 1.53 bits per heavy atom. The molecule has 1 amide bonds. The third-order valence-electron chi connectivity index (χ3n) is 5.39. The molecule has 2 aromatic rings. The number of piperazine rings is 1. The number of rotatable bonds is 6. The second-order valence-corrected chi connectivity index (χ2v) is 9.00. The van der Waals surface area contributed by atoms with Gasteiger partial charge in [0.15, 0.2) is 0 Å². The van der Waals surface area contributed by atoms with E-state index in [1.54, 1.807) is 19.1 Å². The summed E-state index contributed by atoms with van der Waals surface area (Å²) in [6.07, 6.45) is -0.237. The van der Waals surface area contributed by atoms with Crippen LogP contribution in [0.25, 0.3) is 0 Å². The van der Waals surface area contributed by atoms with Crippen LogP contribution in [-0.4, -0.2) is 57.0 Å². The first-order valence-electron chi connectivity index (χ1n) is 11.0. The number of hydrogen-bond donors (Lipinski definition) is 1. The molecule has 7 heteroatoms. The molecule has 1 N–H and O–H groups in total. The van der Waals surface area contributed by atoms with Crippen molar-refractivity contribution in [3.05, 3.63) is 47.5 Å². The Bertz CT molecular complexity index is 889. The Hall–Kier alpha value is -3.09. The summed E-state index contributed by atoms with van der Waals surface area (Å²) in [7, 11) is 3.35. The first-order chi connectivity index (χ1) is 15.2. The maximum absolute atomic E-state index is 12.3. The molecule has 2 aromatic carbocycles. The molecule has 1 saturated heterocycles. The van der Waals surface area contributed by atoms with Crippen molar-refractivity contribution in [2.24, 2.45) is 0 Å². The van der Waals surface area contributed by atoms with E-state index < -0.39 is 5.60 Å². The van der Waals surface area contributed by atoms with Crippen LogP contribution < -0.4 is 19.7 Å².